The Bertz CT molecular complexity index is 781. The van der Waals surface area contributed by atoms with Crippen molar-refractivity contribution in [1.82, 2.24) is 10.6 Å². The molecule has 130 valence electrons. The van der Waals surface area contributed by atoms with Gasteiger partial charge in [-0.15, -0.1) is 0 Å². The lowest BCUT2D eigenvalue weighted by Crippen LogP contribution is -2.41. The minimum absolute atomic E-state index is 0.149. The molecule has 0 aliphatic rings. The van der Waals surface area contributed by atoms with E-state index in [1.807, 2.05) is 30.3 Å². The smallest absolute Gasteiger partial charge is 0.338 e. The van der Waals surface area contributed by atoms with Crippen LogP contribution in [0.5, 0.6) is 0 Å². The van der Waals surface area contributed by atoms with Gasteiger partial charge in [0, 0.05) is 6.54 Å². The molecule has 0 fully saturated rings. The Hall–Kier alpha value is -2.57. The van der Waals surface area contributed by atoms with Gasteiger partial charge in [0.2, 0.25) is 0 Å². The summed E-state index contributed by atoms with van der Waals surface area (Å²) in [6.45, 7) is -0.332. The molecule has 2 aromatic rings. The zero-order valence-corrected chi connectivity index (χ0v) is 14.4. The quantitative estimate of drug-likeness (QED) is 0.780. The first-order valence-electron chi connectivity index (χ1n) is 7.19. The molecule has 0 heterocycles. The summed E-state index contributed by atoms with van der Waals surface area (Å²) in [5.74, 6) is -1.50. The molecule has 25 heavy (non-hydrogen) atoms. The molecule has 6 nitrogen and oxygen atoms in total. The maximum atomic E-state index is 11.8. The average molecular weight is 381 g/mol. The van der Waals surface area contributed by atoms with E-state index in [1.165, 1.54) is 18.2 Å². The van der Waals surface area contributed by atoms with E-state index in [0.717, 1.165) is 5.56 Å². The van der Waals surface area contributed by atoms with Gasteiger partial charge in [-0.05, 0) is 23.8 Å². The monoisotopic (exact) mass is 380 g/mol. The predicted octanol–water partition coefficient (Wildman–Crippen LogP) is 3.18. The Balaban J connectivity index is 1.75. The molecule has 0 spiro atoms. The van der Waals surface area contributed by atoms with Crippen molar-refractivity contribution >= 4 is 41.1 Å². The zero-order valence-electron chi connectivity index (χ0n) is 12.9. The first-order valence-corrected chi connectivity index (χ1v) is 7.95. The molecule has 0 saturated carbocycles. The molecule has 0 radical (unpaired) electrons. The summed E-state index contributed by atoms with van der Waals surface area (Å²) in [5, 5.41) is 5.08. The van der Waals surface area contributed by atoms with Gasteiger partial charge in [-0.3, -0.25) is 10.1 Å². The van der Waals surface area contributed by atoms with Crippen LogP contribution in [0.3, 0.4) is 0 Å². The fourth-order valence-electron chi connectivity index (χ4n) is 1.82. The van der Waals surface area contributed by atoms with Gasteiger partial charge in [0.1, 0.15) is 0 Å². The minimum atomic E-state index is -0.751. The molecule has 8 heteroatoms. The van der Waals surface area contributed by atoms with Gasteiger partial charge < -0.3 is 10.1 Å². The zero-order chi connectivity index (χ0) is 18.2. The molecule has 0 saturated heterocycles. The van der Waals surface area contributed by atoms with Crippen LogP contribution in [0.4, 0.5) is 4.79 Å². The highest BCUT2D eigenvalue weighted by atomic mass is 35.5. The highest BCUT2D eigenvalue weighted by molar-refractivity contribution is 6.42. The number of ether oxygens (including phenoxy) is 1. The Morgan fingerprint density at radius 2 is 1.68 bits per heavy atom. The molecule has 0 aromatic heterocycles. The van der Waals surface area contributed by atoms with Gasteiger partial charge in [-0.1, -0.05) is 53.5 Å². The van der Waals surface area contributed by atoms with Crippen molar-refractivity contribution in [2.75, 3.05) is 6.61 Å². The molecule has 0 bridgehead atoms. The molecule has 0 aliphatic heterocycles. The van der Waals surface area contributed by atoms with E-state index in [9.17, 15) is 14.4 Å². The normalized spacial score (nSPS) is 10.0. The largest absolute Gasteiger partial charge is 0.452 e. The molecule has 2 N–H and O–H groups in total. The lowest BCUT2D eigenvalue weighted by molar-refractivity contribution is -0.123. The van der Waals surface area contributed by atoms with E-state index in [-0.39, 0.29) is 17.1 Å². The highest BCUT2D eigenvalue weighted by Gasteiger charge is 2.13. The number of halogens is 2. The summed E-state index contributed by atoms with van der Waals surface area (Å²) >= 11 is 11.6. The SMILES string of the molecule is O=C(COC(=O)c1ccc(Cl)c(Cl)c1)NC(=O)NCc1ccccc1. The van der Waals surface area contributed by atoms with Gasteiger partial charge in [0.15, 0.2) is 6.61 Å². The summed E-state index contributed by atoms with van der Waals surface area (Å²) in [6.07, 6.45) is 0. The average Bonchev–Trinajstić information content (AvgIpc) is 2.61. The number of rotatable bonds is 5. The summed E-state index contributed by atoms with van der Waals surface area (Å²) < 4.78 is 4.82. The molecule has 0 atom stereocenters. The molecule has 2 aromatic carbocycles. The second-order valence-corrected chi connectivity index (χ2v) is 5.74. The number of benzene rings is 2. The van der Waals surface area contributed by atoms with Gasteiger partial charge in [-0.25, -0.2) is 9.59 Å². The van der Waals surface area contributed by atoms with Crippen LogP contribution in [0.1, 0.15) is 15.9 Å². The van der Waals surface area contributed by atoms with Crippen molar-refractivity contribution in [2.45, 2.75) is 6.54 Å². The Labute approximate surface area is 154 Å². The second-order valence-electron chi connectivity index (χ2n) is 4.92. The maximum absolute atomic E-state index is 11.8. The highest BCUT2D eigenvalue weighted by Crippen LogP contribution is 2.22. The van der Waals surface area contributed by atoms with Crippen molar-refractivity contribution in [1.29, 1.82) is 0 Å². The number of urea groups is 1. The van der Waals surface area contributed by atoms with Crippen molar-refractivity contribution < 1.29 is 19.1 Å². The van der Waals surface area contributed by atoms with Gasteiger partial charge in [0.25, 0.3) is 5.91 Å². The molecule has 0 unspecified atom stereocenters. The van der Waals surface area contributed by atoms with E-state index in [4.69, 9.17) is 27.9 Å². The van der Waals surface area contributed by atoms with Crippen molar-refractivity contribution in [3.63, 3.8) is 0 Å². The second kappa shape index (κ2) is 9.05. The van der Waals surface area contributed by atoms with E-state index in [0.29, 0.717) is 5.02 Å². The van der Waals surface area contributed by atoms with Crippen LogP contribution in [0.15, 0.2) is 48.5 Å². The molecule has 3 amide bonds. The lowest BCUT2D eigenvalue weighted by atomic mass is 10.2. The Morgan fingerprint density at radius 1 is 0.960 bits per heavy atom. The third-order valence-corrected chi connectivity index (χ3v) is 3.78. The first-order chi connectivity index (χ1) is 12.0. The molecule has 0 aliphatic carbocycles. The van der Waals surface area contributed by atoms with E-state index >= 15 is 0 Å². The number of carbonyl (C=O) groups is 3. The summed E-state index contributed by atoms with van der Waals surface area (Å²) in [7, 11) is 0. The van der Waals surface area contributed by atoms with Crippen LogP contribution in [-0.4, -0.2) is 24.5 Å². The first kappa shape index (κ1) is 18.8. The Morgan fingerprint density at radius 3 is 2.36 bits per heavy atom. The molecular formula is C17H14Cl2N2O4. The van der Waals surface area contributed by atoms with Crippen LogP contribution >= 0.6 is 23.2 Å². The number of esters is 1. The van der Waals surface area contributed by atoms with E-state index in [2.05, 4.69) is 10.6 Å². The number of imide groups is 1. The summed E-state index contributed by atoms with van der Waals surface area (Å²) in [4.78, 5) is 35.0. The summed E-state index contributed by atoms with van der Waals surface area (Å²) in [5.41, 5.74) is 1.03. The van der Waals surface area contributed by atoms with Crippen LogP contribution in [0.25, 0.3) is 0 Å². The van der Waals surface area contributed by atoms with Crippen LogP contribution in [0.2, 0.25) is 10.0 Å². The topological polar surface area (TPSA) is 84.5 Å². The van der Waals surface area contributed by atoms with Crippen molar-refractivity contribution in [2.24, 2.45) is 0 Å². The van der Waals surface area contributed by atoms with E-state index in [1.54, 1.807) is 0 Å². The Kier molecular flexibility index (Phi) is 6.80. The maximum Gasteiger partial charge on any atom is 0.338 e. The number of hydrogen-bond donors (Lipinski definition) is 2. The number of amides is 3. The molecule has 2 rings (SSSR count). The number of carbonyl (C=O) groups excluding carboxylic acids is 3. The van der Waals surface area contributed by atoms with Crippen molar-refractivity contribution in [3.8, 4) is 0 Å². The lowest BCUT2D eigenvalue weighted by Gasteiger charge is -2.08. The number of nitrogens with one attached hydrogen (secondary N) is 2. The molecular weight excluding hydrogens is 367 g/mol. The number of hydrogen-bond acceptors (Lipinski definition) is 4. The third-order valence-electron chi connectivity index (χ3n) is 3.04. The standard InChI is InChI=1S/C17H14Cl2N2O4/c18-13-7-6-12(8-14(13)19)16(23)25-10-15(22)21-17(24)20-9-11-4-2-1-3-5-11/h1-8H,9-10H2,(H2,20,21,22,24). The van der Waals surface area contributed by atoms with Gasteiger partial charge in [-0.2, -0.15) is 0 Å². The summed E-state index contributed by atoms with van der Waals surface area (Å²) in [6, 6.07) is 12.7. The van der Waals surface area contributed by atoms with Crippen molar-refractivity contribution in [3.05, 3.63) is 69.7 Å². The van der Waals surface area contributed by atoms with Gasteiger partial charge in [0.05, 0.1) is 15.6 Å². The fraction of sp³-hybridized carbons (Fsp3) is 0.118. The third kappa shape index (κ3) is 6.10. The van der Waals surface area contributed by atoms with E-state index < -0.39 is 24.5 Å². The van der Waals surface area contributed by atoms with Crippen LogP contribution in [0, 0.1) is 0 Å². The van der Waals surface area contributed by atoms with Crippen LogP contribution in [-0.2, 0) is 16.1 Å². The van der Waals surface area contributed by atoms with Gasteiger partial charge >= 0.3 is 12.0 Å². The van der Waals surface area contributed by atoms with Crippen LogP contribution < -0.4 is 10.6 Å². The predicted molar refractivity (Wildman–Crippen MR) is 93.6 cm³/mol. The minimum Gasteiger partial charge on any atom is -0.452 e. The fourth-order valence-corrected chi connectivity index (χ4v) is 2.12.